The Balaban J connectivity index is 1.54. The molecule has 9 heteroatoms. The number of sulfonamides is 1. The predicted molar refractivity (Wildman–Crippen MR) is 106 cm³/mol. The van der Waals surface area contributed by atoms with Crippen LogP contribution in [0, 0.1) is 0 Å². The van der Waals surface area contributed by atoms with E-state index in [0.717, 1.165) is 31.2 Å². The second kappa shape index (κ2) is 9.36. The van der Waals surface area contributed by atoms with E-state index in [2.05, 4.69) is 15.0 Å². The van der Waals surface area contributed by atoms with Crippen molar-refractivity contribution in [1.82, 2.24) is 15.0 Å². The number of hydrogen-bond donors (Lipinski definition) is 2. The highest BCUT2D eigenvalue weighted by Crippen LogP contribution is 2.28. The van der Waals surface area contributed by atoms with E-state index in [9.17, 15) is 13.2 Å². The summed E-state index contributed by atoms with van der Waals surface area (Å²) in [6.45, 7) is 0.139. The van der Waals surface area contributed by atoms with E-state index in [1.165, 1.54) is 18.2 Å². The summed E-state index contributed by atoms with van der Waals surface area (Å²) in [6, 6.07) is 7.80. The third-order valence-electron chi connectivity index (χ3n) is 4.49. The Labute approximate surface area is 169 Å². The van der Waals surface area contributed by atoms with Gasteiger partial charge in [-0.15, -0.1) is 0 Å². The molecule has 0 bridgehead atoms. The van der Waals surface area contributed by atoms with E-state index >= 15 is 0 Å². The van der Waals surface area contributed by atoms with Crippen LogP contribution in [0.4, 0.5) is 0 Å². The van der Waals surface area contributed by atoms with Crippen LogP contribution in [0.5, 0.6) is 5.75 Å². The van der Waals surface area contributed by atoms with Crippen LogP contribution in [0.3, 0.4) is 0 Å². The fourth-order valence-electron chi connectivity index (χ4n) is 2.99. The molecule has 0 radical (unpaired) electrons. The number of aromatic nitrogens is 1. The zero-order chi connectivity index (χ0) is 20.0. The molecule has 1 aliphatic rings. The van der Waals surface area contributed by atoms with Crippen molar-refractivity contribution in [3.8, 4) is 5.75 Å². The van der Waals surface area contributed by atoms with Crippen molar-refractivity contribution in [2.75, 3.05) is 6.61 Å². The normalized spacial score (nSPS) is 14.8. The minimum absolute atomic E-state index is 0.0243. The number of benzene rings is 1. The van der Waals surface area contributed by atoms with Gasteiger partial charge in [0, 0.05) is 25.0 Å². The molecule has 1 heterocycles. The molecule has 3 rings (SSSR count). The van der Waals surface area contributed by atoms with Gasteiger partial charge in [0.05, 0.1) is 9.92 Å². The van der Waals surface area contributed by atoms with Crippen LogP contribution in [-0.2, 0) is 21.4 Å². The highest BCUT2D eigenvalue weighted by molar-refractivity contribution is 7.89. The molecule has 0 unspecified atom stereocenters. The van der Waals surface area contributed by atoms with Crippen LogP contribution in [0.2, 0.25) is 5.02 Å². The smallest absolute Gasteiger partial charge is 0.258 e. The van der Waals surface area contributed by atoms with E-state index < -0.39 is 10.0 Å². The molecule has 0 spiro atoms. The molecule has 1 aromatic heterocycles. The van der Waals surface area contributed by atoms with Crippen molar-refractivity contribution in [2.45, 2.75) is 43.2 Å². The van der Waals surface area contributed by atoms with E-state index in [-0.39, 0.29) is 34.2 Å². The first-order chi connectivity index (χ1) is 13.4. The maximum atomic E-state index is 12.5. The fourth-order valence-corrected chi connectivity index (χ4v) is 4.62. The largest absolute Gasteiger partial charge is 0.482 e. The van der Waals surface area contributed by atoms with Gasteiger partial charge in [-0.05, 0) is 48.7 Å². The number of ether oxygens (including phenoxy) is 1. The predicted octanol–water partition coefficient (Wildman–Crippen LogP) is 2.65. The van der Waals surface area contributed by atoms with Crippen molar-refractivity contribution in [1.29, 1.82) is 0 Å². The van der Waals surface area contributed by atoms with Crippen molar-refractivity contribution >= 4 is 27.5 Å². The summed E-state index contributed by atoms with van der Waals surface area (Å²) in [6.07, 6.45) is 7.06. The van der Waals surface area contributed by atoms with Gasteiger partial charge in [0.15, 0.2) is 6.61 Å². The Morgan fingerprint density at radius 2 is 1.89 bits per heavy atom. The molecule has 1 aliphatic carbocycles. The molecule has 1 amide bonds. The van der Waals surface area contributed by atoms with E-state index in [0.29, 0.717) is 6.54 Å². The lowest BCUT2D eigenvalue weighted by atomic mass is 10.3. The Bertz CT molecular complexity index is 916. The summed E-state index contributed by atoms with van der Waals surface area (Å²) < 4.78 is 33.0. The molecular formula is C19H22ClN3O4S. The maximum Gasteiger partial charge on any atom is 0.258 e. The van der Waals surface area contributed by atoms with Gasteiger partial charge in [-0.1, -0.05) is 24.4 Å². The van der Waals surface area contributed by atoms with E-state index in [4.69, 9.17) is 16.3 Å². The molecule has 0 aliphatic heterocycles. The van der Waals surface area contributed by atoms with Crippen molar-refractivity contribution in [2.24, 2.45) is 0 Å². The average Bonchev–Trinajstić information content (AvgIpc) is 3.18. The monoisotopic (exact) mass is 423 g/mol. The summed E-state index contributed by atoms with van der Waals surface area (Å²) in [5.41, 5.74) is 0.922. The molecule has 0 saturated heterocycles. The van der Waals surface area contributed by atoms with Crippen molar-refractivity contribution < 1.29 is 17.9 Å². The minimum Gasteiger partial charge on any atom is -0.482 e. The number of rotatable bonds is 8. The van der Waals surface area contributed by atoms with Crippen LogP contribution < -0.4 is 14.8 Å². The van der Waals surface area contributed by atoms with Gasteiger partial charge >= 0.3 is 0 Å². The highest BCUT2D eigenvalue weighted by atomic mass is 35.5. The Morgan fingerprint density at radius 1 is 1.18 bits per heavy atom. The fraction of sp³-hybridized carbons (Fsp3) is 0.368. The van der Waals surface area contributed by atoms with E-state index in [1.54, 1.807) is 24.5 Å². The Morgan fingerprint density at radius 3 is 2.57 bits per heavy atom. The molecule has 28 heavy (non-hydrogen) atoms. The third kappa shape index (κ3) is 5.67. The number of pyridine rings is 1. The Hall–Kier alpha value is -2.16. The standard InChI is InChI=1S/C19H22ClN3O4S/c20-17-11-16(28(25,26)23-15-3-1-2-4-15)5-6-18(17)27-13-19(24)22-12-14-7-9-21-10-8-14/h5-11,15,23H,1-4,12-13H2,(H,22,24). The number of nitrogens with one attached hydrogen (secondary N) is 2. The van der Waals surface area contributed by atoms with Crippen LogP contribution >= 0.6 is 11.6 Å². The minimum atomic E-state index is -3.63. The lowest BCUT2D eigenvalue weighted by molar-refractivity contribution is -0.123. The summed E-state index contributed by atoms with van der Waals surface area (Å²) in [7, 11) is -3.63. The lowest BCUT2D eigenvalue weighted by Crippen LogP contribution is -2.32. The summed E-state index contributed by atoms with van der Waals surface area (Å²) >= 11 is 6.15. The molecule has 1 aromatic carbocycles. The molecular weight excluding hydrogens is 402 g/mol. The van der Waals surface area contributed by atoms with Gasteiger partial charge in [-0.3, -0.25) is 9.78 Å². The summed E-state index contributed by atoms with van der Waals surface area (Å²) in [4.78, 5) is 15.9. The van der Waals surface area contributed by atoms with Crippen LogP contribution in [0.1, 0.15) is 31.2 Å². The van der Waals surface area contributed by atoms with Gasteiger partial charge in [0.1, 0.15) is 5.75 Å². The molecule has 1 fully saturated rings. The van der Waals surface area contributed by atoms with Gasteiger partial charge in [-0.2, -0.15) is 0 Å². The second-order valence-electron chi connectivity index (χ2n) is 6.62. The third-order valence-corrected chi connectivity index (χ3v) is 6.30. The zero-order valence-electron chi connectivity index (χ0n) is 15.2. The van der Waals surface area contributed by atoms with Crippen LogP contribution in [0.25, 0.3) is 0 Å². The maximum absolute atomic E-state index is 12.5. The molecule has 2 aromatic rings. The quantitative estimate of drug-likeness (QED) is 0.680. The van der Waals surface area contributed by atoms with Crippen molar-refractivity contribution in [3.63, 3.8) is 0 Å². The number of carbonyl (C=O) groups excluding carboxylic acids is 1. The van der Waals surface area contributed by atoms with Gasteiger partial charge < -0.3 is 10.1 Å². The number of nitrogens with zero attached hydrogens (tertiary/aromatic N) is 1. The number of amides is 1. The highest BCUT2D eigenvalue weighted by Gasteiger charge is 2.23. The first-order valence-electron chi connectivity index (χ1n) is 9.04. The van der Waals surface area contributed by atoms with Crippen LogP contribution in [0.15, 0.2) is 47.6 Å². The van der Waals surface area contributed by atoms with Gasteiger partial charge in [0.2, 0.25) is 10.0 Å². The second-order valence-corrected chi connectivity index (χ2v) is 8.74. The van der Waals surface area contributed by atoms with Crippen molar-refractivity contribution in [3.05, 3.63) is 53.3 Å². The Kier molecular flexibility index (Phi) is 6.88. The first kappa shape index (κ1) is 20.6. The molecule has 150 valence electrons. The van der Waals surface area contributed by atoms with E-state index in [1.807, 2.05) is 0 Å². The molecule has 2 N–H and O–H groups in total. The number of carbonyl (C=O) groups is 1. The van der Waals surface area contributed by atoms with Gasteiger partial charge in [-0.25, -0.2) is 13.1 Å². The lowest BCUT2D eigenvalue weighted by Gasteiger charge is -2.14. The average molecular weight is 424 g/mol. The van der Waals surface area contributed by atoms with Gasteiger partial charge in [0.25, 0.3) is 5.91 Å². The number of hydrogen-bond acceptors (Lipinski definition) is 5. The molecule has 7 nitrogen and oxygen atoms in total. The topological polar surface area (TPSA) is 97.4 Å². The molecule has 1 saturated carbocycles. The summed E-state index contributed by atoms with van der Waals surface area (Å²) in [5, 5.41) is 2.86. The van der Waals surface area contributed by atoms with Crippen LogP contribution in [-0.4, -0.2) is 32.0 Å². The zero-order valence-corrected chi connectivity index (χ0v) is 16.8. The first-order valence-corrected chi connectivity index (χ1v) is 10.9. The number of halogens is 1. The molecule has 0 atom stereocenters. The summed E-state index contributed by atoms with van der Waals surface area (Å²) in [5.74, 6) is -0.0620. The SMILES string of the molecule is O=C(COc1ccc(S(=O)(=O)NC2CCCC2)cc1Cl)NCc1ccncc1.